The van der Waals surface area contributed by atoms with Crippen molar-refractivity contribution in [2.24, 2.45) is 0 Å². The first kappa shape index (κ1) is 16.2. The number of methoxy groups -OCH3 is 2. The summed E-state index contributed by atoms with van der Waals surface area (Å²) in [6, 6.07) is 6.92. The lowest BCUT2D eigenvalue weighted by Gasteiger charge is -2.30. The minimum atomic E-state index is 0.143. The highest BCUT2D eigenvalue weighted by Crippen LogP contribution is 2.33. The fourth-order valence-corrected chi connectivity index (χ4v) is 3.00. The van der Waals surface area contributed by atoms with E-state index in [0.29, 0.717) is 12.1 Å². The third-order valence-corrected chi connectivity index (χ3v) is 4.38. The molecule has 0 spiro atoms. The average Bonchev–Trinajstić information content (AvgIpc) is 2.46. The molecule has 1 fully saturated rings. The van der Waals surface area contributed by atoms with Crippen LogP contribution in [0.1, 0.15) is 52.0 Å². The maximum atomic E-state index is 5.52. The van der Waals surface area contributed by atoms with Gasteiger partial charge >= 0.3 is 0 Å². The highest BCUT2D eigenvalue weighted by molar-refractivity contribution is 5.59. The van der Waals surface area contributed by atoms with Crippen LogP contribution in [0.15, 0.2) is 18.2 Å². The van der Waals surface area contributed by atoms with Crippen LogP contribution in [0.5, 0.6) is 5.75 Å². The number of anilines is 1. The van der Waals surface area contributed by atoms with Crippen molar-refractivity contribution >= 4 is 5.69 Å². The Morgan fingerprint density at radius 3 is 2.52 bits per heavy atom. The molecular weight excluding hydrogens is 262 g/mol. The third kappa shape index (κ3) is 4.13. The highest BCUT2D eigenvalue weighted by Gasteiger charge is 2.23. The molecule has 21 heavy (non-hydrogen) atoms. The molecule has 1 aliphatic rings. The summed E-state index contributed by atoms with van der Waals surface area (Å²) in [5.41, 5.74) is 2.57. The van der Waals surface area contributed by atoms with Crippen molar-refractivity contribution in [2.75, 3.05) is 19.5 Å². The van der Waals surface area contributed by atoms with E-state index >= 15 is 0 Å². The van der Waals surface area contributed by atoms with E-state index in [9.17, 15) is 0 Å². The van der Waals surface area contributed by atoms with Crippen molar-refractivity contribution < 1.29 is 9.47 Å². The fourth-order valence-electron chi connectivity index (χ4n) is 3.00. The lowest BCUT2D eigenvalue weighted by Crippen LogP contribution is -2.31. The number of nitrogens with one attached hydrogen (secondary N) is 1. The minimum Gasteiger partial charge on any atom is -0.495 e. The smallest absolute Gasteiger partial charge is 0.141 e. The van der Waals surface area contributed by atoms with E-state index in [1.807, 2.05) is 7.11 Å². The lowest BCUT2D eigenvalue weighted by molar-refractivity contribution is 0.0669. The summed E-state index contributed by atoms with van der Waals surface area (Å²) in [6.45, 7) is 6.71. The predicted molar refractivity (Wildman–Crippen MR) is 88.4 cm³/mol. The first-order chi connectivity index (χ1) is 9.94. The van der Waals surface area contributed by atoms with Gasteiger partial charge in [-0.3, -0.25) is 0 Å². The van der Waals surface area contributed by atoms with Crippen LogP contribution < -0.4 is 10.1 Å². The van der Waals surface area contributed by atoms with E-state index in [0.717, 1.165) is 17.9 Å². The zero-order valence-corrected chi connectivity index (χ0v) is 14.0. The molecule has 0 amide bonds. The van der Waals surface area contributed by atoms with Gasteiger partial charge in [0.05, 0.1) is 18.9 Å². The van der Waals surface area contributed by atoms with Crippen molar-refractivity contribution in [3.05, 3.63) is 23.8 Å². The van der Waals surface area contributed by atoms with Crippen LogP contribution in [0.4, 0.5) is 5.69 Å². The summed E-state index contributed by atoms with van der Waals surface area (Å²) in [6.07, 6.45) is 5.04. The molecule has 2 atom stereocenters. The molecule has 1 N–H and O–H groups in total. The van der Waals surface area contributed by atoms with Crippen molar-refractivity contribution in [1.29, 1.82) is 0 Å². The van der Waals surface area contributed by atoms with Crippen LogP contribution in [0.25, 0.3) is 0 Å². The van der Waals surface area contributed by atoms with E-state index in [1.165, 1.54) is 24.8 Å². The molecule has 118 valence electrons. The molecular formula is C18H29NO2. The largest absolute Gasteiger partial charge is 0.495 e. The van der Waals surface area contributed by atoms with E-state index in [-0.39, 0.29) is 5.41 Å². The molecule has 1 aromatic rings. The van der Waals surface area contributed by atoms with Crippen LogP contribution in [-0.4, -0.2) is 26.4 Å². The van der Waals surface area contributed by atoms with Crippen LogP contribution in [-0.2, 0) is 10.2 Å². The van der Waals surface area contributed by atoms with Crippen LogP contribution in [0.2, 0.25) is 0 Å². The van der Waals surface area contributed by atoms with Gasteiger partial charge < -0.3 is 14.8 Å². The summed E-state index contributed by atoms with van der Waals surface area (Å²) >= 11 is 0. The van der Waals surface area contributed by atoms with Crippen molar-refractivity contribution in [3.8, 4) is 5.75 Å². The molecule has 0 aliphatic heterocycles. The lowest BCUT2D eigenvalue weighted by atomic mass is 9.86. The summed E-state index contributed by atoms with van der Waals surface area (Å²) in [5, 5.41) is 3.67. The van der Waals surface area contributed by atoms with Crippen LogP contribution in [0, 0.1) is 0 Å². The average molecular weight is 291 g/mol. The van der Waals surface area contributed by atoms with Gasteiger partial charge in [-0.2, -0.15) is 0 Å². The van der Waals surface area contributed by atoms with Gasteiger partial charge in [0.25, 0.3) is 0 Å². The van der Waals surface area contributed by atoms with E-state index in [4.69, 9.17) is 9.47 Å². The zero-order valence-electron chi connectivity index (χ0n) is 14.0. The van der Waals surface area contributed by atoms with Gasteiger partial charge in [-0.15, -0.1) is 0 Å². The van der Waals surface area contributed by atoms with E-state index in [1.54, 1.807) is 7.11 Å². The zero-order chi connectivity index (χ0) is 15.5. The molecule has 0 radical (unpaired) electrons. The Morgan fingerprint density at radius 1 is 1.14 bits per heavy atom. The monoisotopic (exact) mass is 291 g/mol. The fraction of sp³-hybridized carbons (Fsp3) is 0.667. The Balaban J connectivity index is 2.17. The van der Waals surface area contributed by atoms with Gasteiger partial charge in [0.2, 0.25) is 0 Å². The Hall–Kier alpha value is -1.22. The number of hydrogen-bond donors (Lipinski definition) is 1. The molecule has 3 nitrogen and oxygen atoms in total. The van der Waals surface area contributed by atoms with Crippen LogP contribution >= 0.6 is 0 Å². The molecule has 1 aliphatic carbocycles. The molecule has 3 heteroatoms. The molecule has 1 saturated carbocycles. The van der Waals surface area contributed by atoms with Gasteiger partial charge in [0.15, 0.2) is 0 Å². The highest BCUT2D eigenvalue weighted by atomic mass is 16.5. The first-order valence-electron chi connectivity index (χ1n) is 7.92. The molecule has 2 rings (SSSR count). The topological polar surface area (TPSA) is 30.5 Å². The number of hydrogen-bond acceptors (Lipinski definition) is 3. The van der Waals surface area contributed by atoms with Gasteiger partial charge in [0, 0.05) is 13.2 Å². The van der Waals surface area contributed by atoms with Gasteiger partial charge in [-0.1, -0.05) is 26.8 Å². The molecule has 0 aromatic heterocycles. The SMILES string of the molecule is COc1ccc(C(C)(C)C)cc1NC1CCCC(OC)C1. The number of benzene rings is 1. The van der Waals surface area contributed by atoms with Gasteiger partial charge in [-0.25, -0.2) is 0 Å². The van der Waals surface area contributed by atoms with Crippen molar-refractivity contribution in [2.45, 2.75) is 64.0 Å². The summed E-state index contributed by atoms with van der Waals surface area (Å²) in [4.78, 5) is 0. The van der Waals surface area contributed by atoms with E-state index < -0.39 is 0 Å². The molecule has 1 aromatic carbocycles. The number of ether oxygens (including phenoxy) is 2. The minimum absolute atomic E-state index is 0.143. The summed E-state index contributed by atoms with van der Waals surface area (Å²) in [5.74, 6) is 0.919. The van der Waals surface area contributed by atoms with Gasteiger partial charge in [-0.05, 0) is 48.8 Å². The van der Waals surface area contributed by atoms with Gasteiger partial charge in [0.1, 0.15) is 5.75 Å². The predicted octanol–water partition coefficient (Wildman–Crippen LogP) is 4.36. The molecule has 0 heterocycles. The Kier molecular flexibility index (Phi) is 5.15. The van der Waals surface area contributed by atoms with Crippen molar-refractivity contribution in [1.82, 2.24) is 0 Å². The maximum Gasteiger partial charge on any atom is 0.141 e. The molecule has 0 bridgehead atoms. The molecule has 2 unspecified atom stereocenters. The second kappa shape index (κ2) is 6.69. The summed E-state index contributed by atoms with van der Waals surface area (Å²) in [7, 11) is 3.55. The normalized spacial score (nSPS) is 22.9. The van der Waals surface area contributed by atoms with Crippen LogP contribution in [0.3, 0.4) is 0 Å². The summed E-state index contributed by atoms with van der Waals surface area (Å²) < 4.78 is 11.0. The Labute approximate surface area is 129 Å². The van der Waals surface area contributed by atoms with E-state index in [2.05, 4.69) is 44.3 Å². The van der Waals surface area contributed by atoms with Crippen molar-refractivity contribution in [3.63, 3.8) is 0 Å². The molecule has 0 saturated heterocycles. The second-order valence-corrected chi connectivity index (χ2v) is 7.03. The Bertz CT molecular complexity index is 465. The first-order valence-corrected chi connectivity index (χ1v) is 7.92. The quantitative estimate of drug-likeness (QED) is 0.894. The standard InChI is InChI=1S/C18H29NO2/c1-18(2,3)13-9-10-17(21-5)16(11-13)19-14-7-6-8-15(12-14)20-4/h9-11,14-15,19H,6-8,12H2,1-5H3. The third-order valence-electron chi connectivity index (χ3n) is 4.38. The maximum absolute atomic E-state index is 5.52. The Morgan fingerprint density at radius 2 is 1.90 bits per heavy atom. The number of rotatable bonds is 4. The second-order valence-electron chi connectivity index (χ2n) is 7.03.